The van der Waals surface area contributed by atoms with Crippen LogP contribution in [0.15, 0.2) is 35.1 Å². The Hall–Kier alpha value is -4.62. The molecule has 2 fully saturated rings. The highest BCUT2D eigenvalue weighted by Crippen LogP contribution is 2.48. The number of nitrogens with zero attached hydrogens (tertiary/aromatic N) is 6. The Morgan fingerprint density at radius 1 is 1.23 bits per heavy atom. The number of halogens is 6. The molecule has 246 valence electrons. The third-order valence-corrected chi connectivity index (χ3v) is 9.32. The number of benzene rings is 2. The van der Waals surface area contributed by atoms with Crippen molar-refractivity contribution < 1.29 is 35.6 Å². The minimum Gasteiger partial charge on any atom is -0.467 e. The standard InChI is InChI=1S/C24H15F5N6O2S.C7H12FN/c1-35(9-10-5-6-37-34-10)22-12-7-14(24(27,28)29)17(18(26)19(12)32-23(33-22)36-2)11-3-4-15(25)20-16(11)13(8-30)21(31)38-20;8-6-4-7-2-1-3-9(7)5-6/h3-7H,9,31H2,1-2H3;6-7H,1-5H2. The number of alkyl halides is 4. The summed E-state index contributed by atoms with van der Waals surface area (Å²) in [7, 11) is 2.74. The second-order valence-corrected chi connectivity index (χ2v) is 12.3. The fourth-order valence-electron chi connectivity index (χ4n) is 6.23. The fourth-order valence-corrected chi connectivity index (χ4v) is 7.18. The average molecular weight is 676 g/mol. The number of nitrogen functional groups attached to an aromatic ring is 1. The molecule has 5 aromatic rings. The molecule has 0 bridgehead atoms. The highest BCUT2D eigenvalue weighted by atomic mass is 32.1. The van der Waals surface area contributed by atoms with Crippen LogP contribution in [0.25, 0.3) is 32.1 Å². The second-order valence-electron chi connectivity index (χ2n) is 11.3. The van der Waals surface area contributed by atoms with E-state index in [1.165, 1.54) is 38.2 Å². The first-order chi connectivity index (χ1) is 22.4. The summed E-state index contributed by atoms with van der Waals surface area (Å²) in [5, 5.41) is 12.8. The summed E-state index contributed by atoms with van der Waals surface area (Å²) < 4.78 is 96.5. The Labute approximate surface area is 268 Å². The number of nitrogens with two attached hydrogens (primary N) is 1. The van der Waals surface area contributed by atoms with Crippen LogP contribution < -0.4 is 15.4 Å². The molecule has 2 unspecified atom stereocenters. The topological polar surface area (TPSA) is 117 Å². The molecule has 2 aliphatic rings. The molecule has 16 heteroatoms. The molecule has 0 saturated carbocycles. The number of anilines is 2. The maximum absolute atomic E-state index is 16.3. The summed E-state index contributed by atoms with van der Waals surface area (Å²) in [5.41, 5.74) is 2.93. The number of rotatable bonds is 5. The van der Waals surface area contributed by atoms with E-state index >= 15 is 4.39 Å². The molecule has 3 aromatic heterocycles. The Balaban J connectivity index is 0.000000366. The van der Waals surface area contributed by atoms with Gasteiger partial charge < -0.3 is 19.9 Å². The molecule has 2 N–H and O–H groups in total. The molecule has 2 aliphatic heterocycles. The molecular weight excluding hydrogens is 648 g/mol. The van der Waals surface area contributed by atoms with E-state index in [1.807, 2.05) is 0 Å². The highest BCUT2D eigenvalue weighted by Gasteiger charge is 2.38. The predicted octanol–water partition coefficient (Wildman–Crippen LogP) is 7.09. The lowest BCUT2D eigenvalue weighted by molar-refractivity contribution is -0.137. The van der Waals surface area contributed by atoms with Gasteiger partial charge >= 0.3 is 12.2 Å². The molecule has 0 amide bonds. The van der Waals surface area contributed by atoms with Gasteiger partial charge in [0.05, 0.1) is 29.5 Å². The van der Waals surface area contributed by atoms with E-state index in [0.29, 0.717) is 29.6 Å². The Kier molecular flexibility index (Phi) is 8.62. The van der Waals surface area contributed by atoms with Crippen molar-refractivity contribution in [3.8, 4) is 23.2 Å². The first-order valence-corrected chi connectivity index (χ1v) is 15.3. The third kappa shape index (κ3) is 6.00. The number of aromatic nitrogens is 3. The van der Waals surface area contributed by atoms with Crippen molar-refractivity contribution in [3.63, 3.8) is 0 Å². The van der Waals surface area contributed by atoms with Gasteiger partial charge in [0.25, 0.3) is 0 Å². The molecule has 9 nitrogen and oxygen atoms in total. The summed E-state index contributed by atoms with van der Waals surface area (Å²) in [5.74, 6) is -2.22. The predicted molar refractivity (Wildman–Crippen MR) is 164 cm³/mol. The molecule has 2 aromatic carbocycles. The van der Waals surface area contributed by atoms with Crippen molar-refractivity contribution in [3.05, 3.63) is 59.0 Å². The zero-order valence-corrected chi connectivity index (χ0v) is 25.9. The molecule has 0 radical (unpaired) electrons. The SMILES string of the molecule is COc1nc(N(C)Cc2ccon2)c2cc(C(F)(F)F)c(-c3ccc(F)c4sc(N)c(C#N)c34)c(F)c2n1.FC1CC2CCCN2C1. The molecule has 0 aliphatic carbocycles. The summed E-state index contributed by atoms with van der Waals surface area (Å²) in [6.07, 6.45) is -0.916. The number of fused-ring (bicyclic) bond motifs is 3. The van der Waals surface area contributed by atoms with Crippen LogP contribution >= 0.6 is 11.3 Å². The van der Waals surface area contributed by atoms with Crippen molar-refractivity contribution >= 4 is 43.1 Å². The van der Waals surface area contributed by atoms with Gasteiger partial charge in [-0.25, -0.2) is 13.2 Å². The van der Waals surface area contributed by atoms with Crippen molar-refractivity contribution in [2.75, 3.05) is 37.9 Å². The largest absolute Gasteiger partial charge is 0.467 e. The zero-order chi connectivity index (χ0) is 33.6. The quantitative estimate of drug-likeness (QED) is 0.195. The van der Waals surface area contributed by atoms with Crippen LogP contribution in [0.4, 0.5) is 37.2 Å². The van der Waals surface area contributed by atoms with E-state index in [9.17, 15) is 27.2 Å². The fraction of sp³-hybridized carbons (Fsp3) is 0.355. The van der Waals surface area contributed by atoms with Gasteiger partial charge in [-0.1, -0.05) is 11.2 Å². The van der Waals surface area contributed by atoms with Crippen LogP contribution in [0.2, 0.25) is 0 Å². The molecular formula is C31H27F6N7O2S. The molecule has 7 rings (SSSR count). The van der Waals surface area contributed by atoms with Gasteiger partial charge in [-0.05, 0) is 43.5 Å². The smallest absolute Gasteiger partial charge is 0.417 e. The molecule has 0 spiro atoms. The van der Waals surface area contributed by atoms with Gasteiger partial charge in [-0.3, -0.25) is 4.90 Å². The number of ether oxygens (including phenoxy) is 1. The van der Waals surface area contributed by atoms with Crippen LogP contribution in [0, 0.1) is 23.0 Å². The van der Waals surface area contributed by atoms with Crippen LogP contribution in [0.5, 0.6) is 6.01 Å². The van der Waals surface area contributed by atoms with Gasteiger partial charge in [-0.2, -0.15) is 28.4 Å². The van der Waals surface area contributed by atoms with Crippen molar-refractivity contribution in [1.29, 1.82) is 5.26 Å². The first kappa shape index (κ1) is 32.3. The van der Waals surface area contributed by atoms with E-state index in [0.717, 1.165) is 31.2 Å². The van der Waals surface area contributed by atoms with E-state index in [4.69, 9.17) is 15.0 Å². The third-order valence-electron chi connectivity index (χ3n) is 8.29. The average Bonchev–Trinajstić information content (AvgIpc) is 3.82. The monoisotopic (exact) mass is 675 g/mol. The van der Waals surface area contributed by atoms with E-state index in [-0.39, 0.29) is 50.0 Å². The van der Waals surface area contributed by atoms with Gasteiger partial charge in [0, 0.05) is 42.0 Å². The van der Waals surface area contributed by atoms with Crippen molar-refractivity contribution in [2.45, 2.75) is 44.2 Å². The summed E-state index contributed by atoms with van der Waals surface area (Å²) in [6.45, 7) is 1.92. The van der Waals surface area contributed by atoms with E-state index in [1.54, 1.807) is 12.1 Å². The molecule has 47 heavy (non-hydrogen) atoms. The van der Waals surface area contributed by atoms with Crippen LogP contribution in [-0.2, 0) is 12.7 Å². The maximum atomic E-state index is 16.3. The molecule has 5 heterocycles. The molecule has 2 saturated heterocycles. The maximum Gasteiger partial charge on any atom is 0.417 e. The van der Waals surface area contributed by atoms with Gasteiger partial charge in [0.15, 0.2) is 5.82 Å². The van der Waals surface area contributed by atoms with E-state index in [2.05, 4.69) is 20.0 Å². The normalized spacial score (nSPS) is 17.9. The Morgan fingerprint density at radius 2 is 2.02 bits per heavy atom. The lowest BCUT2D eigenvalue weighted by Gasteiger charge is -2.22. The number of nitriles is 1. The van der Waals surface area contributed by atoms with Gasteiger partial charge in [-0.15, -0.1) is 11.3 Å². The van der Waals surface area contributed by atoms with Crippen LogP contribution in [0.3, 0.4) is 0 Å². The van der Waals surface area contributed by atoms with Crippen molar-refractivity contribution in [1.82, 2.24) is 20.0 Å². The number of methoxy groups -OCH3 is 1. The lowest BCUT2D eigenvalue weighted by atomic mass is 9.92. The highest BCUT2D eigenvalue weighted by molar-refractivity contribution is 7.23. The lowest BCUT2D eigenvalue weighted by Crippen LogP contribution is -2.22. The Bertz CT molecular complexity index is 1980. The minimum atomic E-state index is -5.05. The Morgan fingerprint density at radius 3 is 2.68 bits per heavy atom. The van der Waals surface area contributed by atoms with E-state index < -0.39 is 40.6 Å². The number of thiophene rings is 1. The second kappa shape index (κ2) is 12.5. The summed E-state index contributed by atoms with van der Waals surface area (Å²) >= 11 is 0.686. The molecule has 2 atom stereocenters. The van der Waals surface area contributed by atoms with Gasteiger partial charge in [0.1, 0.15) is 46.4 Å². The summed E-state index contributed by atoms with van der Waals surface area (Å²) in [6, 6.07) is 6.25. The van der Waals surface area contributed by atoms with Gasteiger partial charge in [0.2, 0.25) is 0 Å². The van der Waals surface area contributed by atoms with Crippen molar-refractivity contribution in [2.24, 2.45) is 0 Å². The van der Waals surface area contributed by atoms with Crippen LogP contribution in [0.1, 0.15) is 36.1 Å². The summed E-state index contributed by atoms with van der Waals surface area (Å²) in [4.78, 5) is 11.9. The number of hydrogen-bond donors (Lipinski definition) is 1. The number of hydrogen-bond acceptors (Lipinski definition) is 10. The first-order valence-electron chi connectivity index (χ1n) is 14.5. The van der Waals surface area contributed by atoms with Crippen LogP contribution in [-0.4, -0.2) is 59.5 Å². The zero-order valence-electron chi connectivity index (χ0n) is 25.0. The minimum absolute atomic E-state index is 0.0625.